The minimum absolute atomic E-state index is 0.106. The van der Waals surface area contributed by atoms with Crippen LogP contribution in [-0.4, -0.2) is 29.8 Å². The quantitative estimate of drug-likeness (QED) is 0.896. The van der Waals surface area contributed by atoms with Crippen LogP contribution in [-0.2, 0) is 0 Å². The van der Waals surface area contributed by atoms with Crippen molar-refractivity contribution in [3.8, 4) is 0 Å². The maximum atomic E-state index is 13.5. The molecule has 0 bridgehead atoms. The Morgan fingerprint density at radius 1 is 1.60 bits per heavy atom. The van der Waals surface area contributed by atoms with Crippen LogP contribution in [0.5, 0.6) is 0 Å². The van der Waals surface area contributed by atoms with Gasteiger partial charge in [-0.15, -0.1) is 0 Å². The van der Waals surface area contributed by atoms with Crippen LogP contribution in [0, 0.1) is 5.82 Å². The van der Waals surface area contributed by atoms with Crippen molar-refractivity contribution in [2.24, 2.45) is 0 Å². The summed E-state index contributed by atoms with van der Waals surface area (Å²) in [4.78, 5) is 5.83. The molecular weight excluding hydrogens is 263 g/mol. The van der Waals surface area contributed by atoms with Crippen LogP contribution in [0.3, 0.4) is 0 Å². The molecule has 3 nitrogen and oxygen atoms in total. The number of aromatic nitrogens is 1. The average molecular weight is 277 g/mol. The minimum atomic E-state index is -0.343. The molecule has 1 rings (SSSR count). The van der Waals surface area contributed by atoms with E-state index in [1.54, 1.807) is 11.1 Å². The van der Waals surface area contributed by atoms with E-state index in [0.29, 0.717) is 29.8 Å². The molecule has 5 heteroatoms. The second-order valence-corrected chi connectivity index (χ2v) is 4.03. The summed E-state index contributed by atoms with van der Waals surface area (Å²) in [6.45, 7) is 3.32. The maximum Gasteiger partial charge on any atom is 0.166 e. The predicted octanol–water partition coefficient (Wildman–Crippen LogP) is 2.19. The monoisotopic (exact) mass is 276 g/mol. The van der Waals surface area contributed by atoms with Gasteiger partial charge < -0.3 is 10.0 Å². The lowest BCUT2D eigenvalue weighted by Crippen LogP contribution is -2.26. The van der Waals surface area contributed by atoms with E-state index in [9.17, 15) is 4.39 Å². The van der Waals surface area contributed by atoms with E-state index >= 15 is 0 Å². The highest BCUT2D eigenvalue weighted by molar-refractivity contribution is 9.10. The molecule has 0 aliphatic heterocycles. The Hall–Kier alpha value is -0.680. The van der Waals surface area contributed by atoms with Crippen molar-refractivity contribution in [1.29, 1.82) is 0 Å². The summed E-state index contributed by atoms with van der Waals surface area (Å²) in [7, 11) is 0. The number of aliphatic hydroxyl groups is 1. The van der Waals surface area contributed by atoms with E-state index in [0.717, 1.165) is 0 Å². The highest BCUT2D eigenvalue weighted by Crippen LogP contribution is 2.19. The van der Waals surface area contributed by atoms with Crippen LogP contribution in [0.25, 0.3) is 0 Å². The van der Waals surface area contributed by atoms with Gasteiger partial charge in [-0.05, 0) is 35.3 Å². The lowest BCUT2D eigenvalue weighted by atomic mass is 10.3. The van der Waals surface area contributed by atoms with Crippen LogP contribution in [0.15, 0.2) is 16.7 Å². The minimum Gasteiger partial charge on any atom is -0.396 e. The first-order valence-corrected chi connectivity index (χ1v) is 5.65. The van der Waals surface area contributed by atoms with Crippen LogP contribution >= 0.6 is 15.9 Å². The molecular formula is C10H14BrFN2O. The Balaban J connectivity index is 2.81. The molecule has 0 saturated heterocycles. The molecule has 0 atom stereocenters. The molecule has 0 unspecified atom stereocenters. The summed E-state index contributed by atoms with van der Waals surface area (Å²) in [6.07, 6.45) is 2.19. The van der Waals surface area contributed by atoms with Crippen molar-refractivity contribution in [2.75, 3.05) is 24.6 Å². The van der Waals surface area contributed by atoms with E-state index in [1.807, 2.05) is 6.92 Å². The van der Waals surface area contributed by atoms with Gasteiger partial charge in [-0.2, -0.15) is 0 Å². The van der Waals surface area contributed by atoms with E-state index in [-0.39, 0.29) is 12.4 Å². The Morgan fingerprint density at radius 2 is 2.33 bits per heavy atom. The summed E-state index contributed by atoms with van der Waals surface area (Å²) in [5.41, 5.74) is 0. The number of pyridine rings is 1. The topological polar surface area (TPSA) is 36.4 Å². The van der Waals surface area contributed by atoms with Gasteiger partial charge in [-0.1, -0.05) is 0 Å². The van der Waals surface area contributed by atoms with Crippen molar-refractivity contribution in [3.63, 3.8) is 0 Å². The Kier molecular flexibility index (Phi) is 4.98. The Bertz CT molecular complexity index is 322. The first kappa shape index (κ1) is 12.4. The van der Waals surface area contributed by atoms with Gasteiger partial charge in [0.1, 0.15) is 0 Å². The second kappa shape index (κ2) is 6.02. The van der Waals surface area contributed by atoms with E-state index in [1.165, 1.54) is 6.07 Å². The predicted molar refractivity (Wildman–Crippen MR) is 61.5 cm³/mol. The Morgan fingerprint density at radius 3 is 2.87 bits per heavy atom. The van der Waals surface area contributed by atoms with Crippen molar-refractivity contribution in [3.05, 3.63) is 22.6 Å². The molecule has 0 aromatic carbocycles. The average Bonchev–Trinajstić information content (AvgIpc) is 2.21. The van der Waals surface area contributed by atoms with Crippen LogP contribution < -0.4 is 4.90 Å². The molecule has 0 saturated carbocycles. The fourth-order valence-electron chi connectivity index (χ4n) is 1.32. The lowest BCUT2D eigenvalue weighted by Gasteiger charge is -2.21. The zero-order valence-electron chi connectivity index (χ0n) is 8.58. The first-order chi connectivity index (χ1) is 7.19. The highest BCUT2D eigenvalue weighted by atomic mass is 79.9. The number of aliphatic hydroxyl groups excluding tert-OH is 1. The molecule has 84 valence electrons. The van der Waals surface area contributed by atoms with Crippen molar-refractivity contribution >= 4 is 21.7 Å². The number of anilines is 1. The molecule has 1 heterocycles. The lowest BCUT2D eigenvalue weighted by molar-refractivity contribution is 0.289. The van der Waals surface area contributed by atoms with Gasteiger partial charge >= 0.3 is 0 Å². The zero-order valence-corrected chi connectivity index (χ0v) is 10.2. The summed E-state index contributed by atoms with van der Waals surface area (Å²) in [5, 5.41) is 8.72. The van der Waals surface area contributed by atoms with Gasteiger partial charge in [0.05, 0.1) is 0 Å². The zero-order chi connectivity index (χ0) is 11.3. The highest BCUT2D eigenvalue weighted by Gasteiger charge is 2.11. The molecule has 0 amide bonds. The Labute approximate surface area is 97.1 Å². The van der Waals surface area contributed by atoms with E-state index in [2.05, 4.69) is 20.9 Å². The molecule has 0 spiro atoms. The molecule has 15 heavy (non-hydrogen) atoms. The number of rotatable bonds is 5. The molecule has 1 aromatic heterocycles. The third kappa shape index (κ3) is 3.43. The normalized spacial score (nSPS) is 10.4. The largest absolute Gasteiger partial charge is 0.396 e. The number of hydrogen-bond acceptors (Lipinski definition) is 3. The molecule has 0 aliphatic carbocycles. The van der Waals surface area contributed by atoms with Crippen molar-refractivity contribution in [2.45, 2.75) is 13.3 Å². The van der Waals surface area contributed by atoms with Gasteiger partial charge in [0.2, 0.25) is 0 Å². The summed E-state index contributed by atoms with van der Waals surface area (Å²) < 4.78 is 14.1. The van der Waals surface area contributed by atoms with Crippen molar-refractivity contribution in [1.82, 2.24) is 4.98 Å². The van der Waals surface area contributed by atoms with Crippen LogP contribution in [0.1, 0.15) is 13.3 Å². The SMILES string of the molecule is CCN(CCCO)c1ncc(Br)cc1F. The van der Waals surface area contributed by atoms with Gasteiger partial charge in [0, 0.05) is 30.4 Å². The third-order valence-electron chi connectivity index (χ3n) is 2.06. The second-order valence-electron chi connectivity index (χ2n) is 3.12. The smallest absolute Gasteiger partial charge is 0.166 e. The summed E-state index contributed by atoms with van der Waals surface area (Å²) >= 11 is 3.16. The molecule has 0 fully saturated rings. The van der Waals surface area contributed by atoms with Crippen LogP contribution in [0.2, 0.25) is 0 Å². The third-order valence-corrected chi connectivity index (χ3v) is 2.49. The van der Waals surface area contributed by atoms with Gasteiger partial charge in [0.15, 0.2) is 11.6 Å². The van der Waals surface area contributed by atoms with E-state index < -0.39 is 0 Å². The fourth-order valence-corrected chi connectivity index (χ4v) is 1.62. The number of nitrogens with zero attached hydrogens (tertiary/aromatic N) is 2. The van der Waals surface area contributed by atoms with Crippen LogP contribution in [0.4, 0.5) is 10.2 Å². The summed E-state index contributed by atoms with van der Waals surface area (Å²) in [5.74, 6) is -0.00156. The van der Waals surface area contributed by atoms with E-state index in [4.69, 9.17) is 5.11 Å². The molecule has 1 aromatic rings. The standard InChI is InChI=1S/C10H14BrFN2O/c1-2-14(4-3-5-15)10-9(12)6-8(11)7-13-10/h6-7,15H,2-5H2,1H3. The molecule has 0 aliphatic rings. The molecule has 0 radical (unpaired) electrons. The van der Waals surface area contributed by atoms with Crippen molar-refractivity contribution < 1.29 is 9.50 Å². The van der Waals surface area contributed by atoms with Gasteiger partial charge in [-0.3, -0.25) is 0 Å². The first-order valence-electron chi connectivity index (χ1n) is 4.86. The van der Waals surface area contributed by atoms with Gasteiger partial charge in [-0.25, -0.2) is 9.37 Å². The maximum absolute atomic E-state index is 13.5. The summed E-state index contributed by atoms with van der Waals surface area (Å²) in [6, 6.07) is 1.39. The number of halogens is 2. The van der Waals surface area contributed by atoms with Gasteiger partial charge in [0.25, 0.3) is 0 Å². The fraction of sp³-hybridized carbons (Fsp3) is 0.500. The molecule has 1 N–H and O–H groups in total. The number of hydrogen-bond donors (Lipinski definition) is 1.